The molecule has 28 heavy (non-hydrogen) atoms. The number of halogens is 1. The van der Waals surface area contributed by atoms with Crippen molar-refractivity contribution in [2.45, 2.75) is 19.9 Å². The molecule has 0 bridgehead atoms. The third-order valence-corrected chi connectivity index (χ3v) is 4.62. The number of nitrogens with one attached hydrogen (secondary N) is 1. The number of aryl methyl sites for hydroxylation is 1. The summed E-state index contributed by atoms with van der Waals surface area (Å²) in [5, 5.41) is 4.10. The third kappa shape index (κ3) is 4.28. The van der Waals surface area contributed by atoms with Gasteiger partial charge in [-0.1, -0.05) is 23.7 Å². The van der Waals surface area contributed by atoms with E-state index in [4.69, 9.17) is 25.5 Å². The van der Waals surface area contributed by atoms with Gasteiger partial charge in [-0.05, 0) is 49.7 Å². The van der Waals surface area contributed by atoms with Gasteiger partial charge in [-0.15, -0.1) is 0 Å². The van der Waals surface area contributed by atoms with E-state index in [9.17, 15) is 9.59 Å². The molecule has 2 aromatic carbocycles. The largest absolute Gasteiger partial charge is 0.497 e. The quantitative estimate of drug-likeness (QED) is 0.618. The van der Waals surface area contributed by atoms with Crippen LogP contribution in [0.2, 0.25) is 5.02 Å². The van der Waals surface area contributed by atoms with Gasteiger partial charge in [0.2, 0.25) is 5.76 Å². The Morgan fingerprint density at radius 2 is 2.00 bits per heavy atom. The van der Waals surface area contributed by atoms with Gasteiger partial charge in [0, 0.05) is 16.0 Å². The van der Waals surface area contributed by atoms with Crippen molar-refractivity contribution >= 4 is 34.4 Å². The fourth-order valence-corrected chi connectivity index (χ4v) is 3.06. The maximum atomic E-state index is 12.3. The first-order chi connectivity index (χ1) is 13.4. The van der Waals surface area contributed by atoms with Gasteiger partial charge in [0.1, 0.15) is 11.3 Å². The molecular weight excluding hydrogens is 382 g/mol. The number of methoxy groups -OCH3 is 1. The molecule has 0 aliphatic rings. The van der Waals surface area contributed by atoms with E-state index in [0.717, 1.165) is 10.9 Å². The molecule has 1 amide bonds. The second-order valence-corrected chi connectivity index (χ2v) is 6.78. The first kappa shape index (κ1) is 19.8. The zero-order chi connectivity index (χ0) is 20.3. The summed E-state index contributed by atoms with van der Waals surface area (Å²) in [6, 6.07) is 12.2. The maximum absolute atomic E-state index is 12.3. The molecule has 1 unspecified atom stereocenters. The lowest BCUT2D eigenvalue weighted by Gasteiger charge is -2.14. The molecule has 0 saturated carbocycles. The van der Waals surface area contributed by atoms with Gasteiger partial charge < -0.3 is 19.2 Å². The van der Waals surface area contributed by atoms with E-state index in [-0.39, 0.29) is 11.8 Å². The highest BCUT2D eigenvalue weighted by Gasteiger charge is 2.21. The minimum atomic E-state index is -0.696. The van der Waals surface area contributed by atoms with Crippen molar-refractivity contribution in [3.05, 3.63) is 64.4 Å². The van der Waals surface area contributed by atoms with Crippen LogP contribution in [0.25, 0.3) is 11.0 Å². The zero-order valence-electron chi connectivity index (χ0n) is 15.7. The Morgan fingerprint density at radius 3 is 2.71 bits per heavy atom. The Balaban J connectivity index is 1.63. The summed E-state index contributed by atoms with van der Waals surface area (Å²) >= 11 is 5.96. The van der Waals surface area contributed by atoms with Crippen molar-refractivity contribution in [2.24, 2.45) is 0 Å². The lowest BCUT2D eigenvalue weighted by atomic mass is 10.1. The summed E-state index contributed by atoms with van der Waals surface area (Å²) in [5.74, 6) is -0.390. The van der Waals surface area contributed by atoms with E-state index in [2.05, 4.69) is 5.32 Å². The molecule has 0 aliphatic heterocycles. The van der Waals surface area contributed by atoms with Crippen LogP contribution >= 0.6 is 11.6 Å². The number of ether oxygens (including phenoxy) is 2. The molecule has 6 nitrogen and oxygen atoms in total. The molecule has 3 rings (SSSR count). The molecule has 1 heterocycles. The number of furan rings is 1. The lowest BCUT2D eigenvalue weighted by molar-refractivity contribution is -0.124. The predicted octanol–water partition coefficient (Wildman–Crippen LogP) is 4.44. The van der Waals surface area contributed by atoms with Crippen LogP contribution in [-0.2, 0) is 9.53 Å². The van der Waals surface area contributed by atoms with Gasteiger partial charge in [0.05, 0.1) is 13.2 Å². The summed E-state index contributed by atoms with van der Waals surface area (Å²) in [6.07, 6.45) is 0. The minimum absolute atomic E-state index is 0.0685. The van der Waals surface area contributed by atoms with E-state index >= 15 is 0 Å². The molecule has 0 spiro atoms. The monoisotopic (exact) mass is 401 g/mol. The van der Waals surface area contributed by atoms with Crippen LogP contribution in [-0.4, -0.2) is 25.6 Å². The molecule has 1 N–H and O–H groups in total. The fraction of sp³-hybridized carbons (Fsp3) is 0.238. The Labute approximate surface area is 167 Å². The van der Waals surface area contributed by atoms with Gasteiger partial charge in [0.25, 0.3) is 5.91 Å². The first-order valence-electron chi connectivity index (χ1n) is 8.68. The van der Waals surface area contributed by atoms with E-state index in [1.807, 2.05) is 13.0 Å². The average molecular weight is 402 g/mol. The lowest BCUT2D eigenvalue weighted by Crippen LogP contribution is -2.31. The summed E-state index contributed by atoms with van der Waals surface area (Å²) in [7, 11) is 1.56. The van der Waals surface area contributed by atoms with Gasteiger partial charge in [-0.3, -0.25) is 4.79 Å². The van der Waals surface area contributed by atoms with E-state index in [0.29, 0.717) is 21.9 Å². The van der Waals surface area contributed by atoms with Crippen molar-refractivity contribution in [1.29, 1.82) is 0 Å². The normalized spacial score (nSPS) is 11.9. The van der Waals surface area contributed by atoms with Crippen LogP contribution in [0.4, 0.5) is 0 Å². The van der Waals surface area contributed by atoms with Crippen LogP contribution < -0.4 is 10.1 Å². The van der Waals surface area contributed by atoms with Gasteiger partial charge in [-0.25, -0.2) is 4.79 Å². The van der Waals surface area contributed by atoms with Crippen LogP contribution in [0, 0.1) is 6.92 Å². The number of fused-ring (bicyclic) bond motifs is 1. The SMILES string of the molecule is COc1ccc2oc(C(=O)OCC(=O)NC(C)c3cccc(Cl)c3)c(C)c2c1. The zero-order valence-corrected chi connectivity index (χ0v) is 16.5. The summed E-state index contributed by atoms with van der Waals surface area (Å²) in [4.78, 5) is 24.5. The van der Waals surface area contributed by atoms with Crippen LogP contribution in [0.15, 0.2) is 46.9 Å². The van der Waals surface area contributed by atoms with Crippen molar-refractivity contribution in [3.8, 4) is 5.75 Å². The smallest absolute Gasteiger partial charge is 0.375 e. The molecule has 0 aliphatic carbocycles. The topological polar surface area (TPSA) is 77.8 Å². The van der Waals surface area contributed by atoms with Gasteiger partial charge in [0.15, 0.2) is 6.61 Å². The first-order valence-corrected chi connectivity index (χ1v) is 9.06. The summed E-state index contributed by atoms with van der Waals surface area (Å²) < 4.78 is 15.9. The van der Waals surface area contributed by atoms with Crippen LogP contribution in [0.1, 0.15) is 34.6 Å². The minimum Gasteiger partial charge on any atom is -0.497 e. The fourth-order valence-electron chi connectivity index (χ4n) is 2.86. The molecule has 0 saturated heterocycles. The molecule has 0 fully saturated rings. The van der Waals surface area contributed by atoms with Crippen molar-refractivity contribution < 1.29 is 23.5 Å². The molecular formula is C21H20ClNO5. The second kappa shape index (κ2) is 8.35. The average Bonchev–Trinajstić information content (AvgIpc) is 3.02. The predicted molar refractivity (Wildman–Crippen MR) is 106 cm³/mol. The third-order valence-electron chi connectivity index (χ3n) is 4.39. The molecule has 7 heteroatoms. The Morgan fingerprint density at radius 1 is 1.21 bits per heavy atom. The number of carbonyl (C=O) groups is 2. The Kier molecular flexibility index (Phi) is 5.90. The maximum Gasteiger partial charge on any atom is 0.375 e. The van der Waals surface area contributed by atoms with Gasteiger partial charge >= 0.3 is 5.97 Å². The van der Waals surface area contributed by atoms with Crippen LogP contribution in [0.3, 0.4) is 0 Å². The Hall–Kier alpha value is -2.99. The van der Waals surface area contributed by atoms with Gasteiger partial charge in [-0.2, -0.15) is 0 Å². The highest BCUT2D eigenvalue weighted by molar-refractivity contribution is 6.30. The molecule has 0 radical (unpaired) electrons. The van der Waals surface area contributed by atoms with Crippen molar-refractivity contribution in [2.75, 3.05) is 13.7 Å². The molecule has 146 valence electrons. The summed E-state index contributed by atoms with van der Waals surface area (Å²) in [5.41, 5.74) is 2.03. The molecule has 3 aromatic rings. The molecule has 1 aromatic heterocycles. The van der Waals surface area contributed by atoms with Crippen molar-refractivity contribution in [3.63, 3.8) is 0 Å². The van der Waals surface area contributed by atoms with E-state index in [1.54, 1.807) is 50.4 Å². The highest BCUT2D eigenvalue weighted by Crippen LogP contribution is 2.29. The number of benzene rings is 2. The van der Waals surface area contributed by atoms with E-state index < -0.39 is 18.5 Å². The molecule has 1 atom stereocenters. The number of hydrogen-bond acceptors (Lipinski definition) is 5. The highest BCUT2D eigenvalue weighted by atomic mass is 35.5. The summed E-state index contributed by atoms with van der Waals surface area (Å²) in [6.45, 7) is 3.16. The van der Waals surface area contributed by atoms with Crippen LogP contribution in [0.5, 0.6) is 5.75 Å². The number of amides is 1. The Bertz CT molecular complexity index is 1030. The number of esters is 1. The standard InChI is InChI=1S/C21H20ClNO5/c1-12-17-10-16(26-3)7-8-18(17)28-20(12)21(25)27-11-19(24)23-13(2)14-5-4-6-15(22)9-14/h4-10,13H,11H2,1-3H3,(H,23,24). The number of rotatable bonds is 6. The van der Waals surface area contributed by atoms with E-state index in [1.165, 1.54) is 0 Å². The second-order valence-electron chi connectivity index (χ2n) is 6.34. The number of hydrogen-bond donors (Lipinski definition) is 1. The number of carbonyl (C=O) groups excluding carboxylic acids is 2. The van der Waals surface area contributed by atoms with Crippen molar-refractivity contribution in [1.82, 2.24) is 5.32 Å².